The summed E-state index contributed by atoms with van der Waals surface area (Å²) in [5.74, 6) is 1.96. The topological polar surface area (TPSA) is 95.8 Å². The van der Waals surface area contributed by atoms with Crippen molar-refractivity contribution in [3.63, 3.8) is 0 Å². The van der Waals surface area contributed by atoms with E-state index in [2.05, 4.69) is 0 Å². The molecule has 2 saturated heterocycles. The average molecular weight is 386 g/mol. The van der Waals surface area contributed by atoms with Crippen molar-refractivity contribution in [3.05, 3.63) is 35.4 Å². The van der Waals surface area contributed by atoms with Gasteiger partial charge in [0, 0.05) is 23.0 Å². The van der Waals surface area contributed by atoms with Crippen molar-refractivity contribution in [1.82, 2.24) is 0 Å². The highest BCUT2D eigenvalue weighted by molar-refractivity contribution is 5.58. The third-order valence-corrected chi connectivity index (χ3v) is 5.97. The third kappa shape index (κ3) is 2.12. The highest BCUT2D eigenvalue weighted by Crippen LogP contribution is 2.56. The Balaban J connectivity index is 1.31. The van der Waals surface area contributed by atoms with Crippen LogP contribution in [0.25, 0.3) is 0 Å². The fourth-order valence-corrected chi connectivity index (χ4v) is 4.59. The first-order valence-electron chi connectivity index (χ1n) is 9.18. The van der Waals surface area contributed by atoms with Crippen LogP contribution in [0.4, 0.5) is 0 Å². The molecule has 28 heavy (non-hydrogen) atoms. The lowest BCUT2D eigenvalue weighted by Crippen LogP contribution is -2.14. The Morgan fingerprint density at radius 2 is 1.11 bits per heavy atom. The zero-order chi connectivity index (χ0) is 18.8. The second-order valence-electron chi connectivity index (χ2n) is 7.31. The summed E-state index contributed by atoms with van der Waals surface area (Å²) in [6.45, 7) is 1.11. The van der Waals surface area contributed by atoms with Crippen molar-refractivity contribution in [2.75, 3.05) is 26.8 Å². The molecule has 8 heteroatoms. The molecule has 0 saturated carbocycles. The van der Waals surface area contributed by atoms with Crippen LogP contribution < -0.4 is 18.9 Å². The molecule has 6 rings (SSSR count). The predicted octanol–water partition coefficient (Wildman–Crippen LogP) is 2.63. The molecule has 2 fully saturated rings. The van der Waals surface area contributed by atoms with Gasteiger partial charge in [0.25, 0.3) is 0 Å². The second kappa shape index (κ2) is 5.83. The fourth-order valence-electron chi connectivity index (χ4n) is 4.59. The van der Waals surface area contributed by atoms with Gasteiger partial charge in [-0.3, -0.25) is 0 Å². The van der Waals surface area contributed by atoms with E-state index in [-0.39, 0.29) is 49.1 Å². The molecular formula is C20H18O8. The molecule has 0 radical (unpaired) electrons. The molecule has 0 spiro atoms. The van der Waals surface area contributed by atoms with Gasteiger partial charge in [0.1, 0.15) is 0 Å². The van der Waals surface area contributed by atoms with Gasteiger partial charge in [-0.15, -0.1) is 0 Å². The molecule has 0 bridgehead atoms. The summed E-state index contributed by atoms with van der Waals surface area (Å²) in [5.41, 5.74) is 1.33. The van der Waals surface area contributed by atoms with Crippen LogP contribution in [0.2, 0.25) is 0 Å². The van der Waals surface area contributed by atoms with Crippen LogP contribution in [0.15, 0.2) is 24.3 Å². The molecule has 4 aliphatic rings. The summed E-state index contributed by atoms with van der Waals surface area (Å²) in [7, 11) is 0. The Labute approximate surface area is 160 Å². The monoisotopic (exact) mass is 386 g/mol. The quantitative estimate of drug-likeness (QED) is 0.813. The van der Waals surface area contributed by atoms with E-state index in [1.165, 1.54) is 0 Å². The van der Waals surface area contributed by atoms with Gasteiger partial charge in [0.05, 0.1) is 25.4 Å². The van der Waals surface area contributed by atoms with E-state index in [1.807, 2.05) is 0 Å². The van der Waals surface area contributed by atoms with Crippen molar-refractivity contribution in [2.45, 2.75) is 12.2 Å². The molecule has 2 N–H and O–H groups in total. The SMILES string of the molecule is Oc1c([C@@H]2OC[C@@H]3[C@H]2CO[C@H]3c2ccc3c(c2O)OCO3)ccc2c1OCO2. The lowest BCUT2D eigenvalue weighted by molar-refractivity contribution is 0.0177. The third-order valence-electron chi connectivity index (χ3n) is 5.97. The summed E-state index contributed by atoms with van der Waals surface area (Å²) >= 11 is 0. The van der Waals surface area contributed by atoms with Gasteiger partial charge in [-0.1, -0.05) is 0 Å². The van der Waals surface area contributed by atoms with Crippen LogP contribution >= 0.6 is 0 Å². The van der Waals surface area contributed by atoms with Crippen LogP contribution in [0.5, 0.6) is 34.5 Å². The van der Waals surface area contributed by atoms with Crippen LogP contribution in [-0.2, 0) is 9.47 Å². The van der Waals surface area contributed by atoms with E-state index in [1.54, 1.807) is 24.3 Å². The molecule has 4 atom stereocenters. The highest BCUT2D eigenvalue weighted by atomic mass is 16.7. The minimum atomic E-state index is -0.319. The zero-order valence-electron chi connectivity index (χ0n) is 14.8. The number of phenolic OH excluding ortho intramolecular Hbond substituents is 2. The van der Waals surface area contributed by atoms with Crippen molar-refractivity contribution in [2.24, 2.45) is 11.8 Å². The number of hydrogen-bond acceptors (Lipinski definition) is 8. The number of fused-ring (bicyclic) bond motifs is 3. The first-order chi connectivity index (χ1) is 13.7. The van der Waals surface area contributed by atoms with Gasteiger partial charge in [0.2, 0.25) is 25.1 Å². The molecule has 4 heterocycles. The number of ether oxygens (including phenoxy) is 6. The van der Waals surface area contributed by atoms with Gasteiger partial charge in [-0.2, -0.15) is 0 Å². The summed E-state index contributed by atoms with van der Waals surface area (Å²) in [6.07, 6.45) is -0.638. The second-order valence-corrected chi connectivity index (χ2v) is 7.31. The van der Waals surface area contributed by atoms with E-state index in [9.17, 15) is 10.2 Å². The molecular weight excluding hydrogens is 368 g/mol. The Morgan fingerprint density at radius 1 is 0.643 bits per heavy atom. The summed E-state index contributed by atoms with van der Waals surface area (Å²) in [6, 6.07) is 7.18. The normalized spacial score (nSPS) is 29.3. The van der Waals surface area contributed by atoms with Crippen molar-refractivity contribution in [3.8, 4) is 34.5 Å². The Kier molecular flexibility index (Phi) is 3.36. The minimum absolute atomic E-state index is 0.0427. The molecule has 2 aromatic rings. The molecule has 0 unspecified atom stereocenters. The van der Waals surface area contributed by atoms with Crippen molar-refractivity contribution >= 4 is 0 Å². The number of aromatic hydroxyl groups is 2. The van der Waals surface area contributed by atoms with E-state index >= 15 is 0 Å². The molecule has 146 valence electrons. The predicted molar refractivity (Wildman–Crippen MR) is 92.8 cm³/mol. The molecule has 0 amide bonds. The number of rotatable bonds is 2. The maximum absolute atomic E-state index is 10.6. The number of benzene rings is 2. The zero-order valence-corrected chi connectivity index (χ0v) is 14.8. The van der Waals surface area contributed by atoms with Crippen LogP contribution in [-0.4, -0.2) is 37.0 Å². The van der Waals surface area contributed by atoms with Gasteiger partial charge in [0.15, 0.2) is 23.0 Å². The Bertz CT molecular complexity index is 880. The summed E-state index contributed by atoms with van der Waals surface area (Å²) in [4.78, 5) is 0. The lowest BCUT2D eigenvalue weighted by atomic mass is 9.84. The standard InChI is InChI=1S/C20H18O8/c21-15-9(1-3-13-19(15)27-7-25-13)17-11-5-24-18(12(11)6-23-17)10-2-4-14-20(16(10)22)28-8-26-14/h1-4,11-12,17-18,21-22H,5-8H2/t11-,12-,17+,18+/m1/s1. The Morgan fingerprint density at radius 3 is 1.57 bits per heavy atom. The Hall–Kier alpha value is -2.84. The van der Waals surface area contributed by atoms with E-state index < -0.39 is 0 Å². The minimum Gasteiger partial charge on any atom is -0.504 e. The lowest BCUT2D eigenvalue weighted by Gasteiger charge is -2.18. The van der Waals surface area contributed by atoms with Crippen molar-refractivity contribution < 1.29 is 38.6 Å². The molecule has 4 aliphatic heterocycles. The number of phenols is 2. The van der Waals surface area contributed by atoms with E-state index in [0.29, 0.717) is 47.3 Å². The van der Waals surface area contributed by atoms with E-state index in [0.717, 1.165) is 0 Å². The maximum Gasteiger partial charge on any atom is 0.231 e. The van der Waals surface area contributed by atoms with Crippen LogP contribution in [0.3, 0.4) is 0 Å². The summed E-state index contributed by atoms with van der Waals surface area (Å²) in [5, 5.41) is 21.3. The maximum atomic E-state index is 10.6. The van der Waals surface area contributed by atoms with Gasteiger partial charge in [-0.25, -0.2) is 0 Å². The van der Waals surface area contributed by atoms with Crippen molar-refractivity contribution in [1.29, 1.82) is 0 Å². The van der Waals surface area contributed by atoms with E-state index in [4.69, 9.17) is 28.4 Å². The first-order valence-corrected chi connectivity index (χ1v) is 9.18. The molecule has 2 aromatic carbocycles. The largest absolute Gasteiger partial charge is 0.504 e. The van der Waals surface area contributed by atoms with Gasteiger partial charge >= 0.3 is 0 Å². The van der Waals surface area contributed by atoms with Gasteiger partial charge in [-0.05, 0) is 24.3 Å². The van der Waals surface area contributed by atoms with Crippen LogP contribution in [0, 0.1) is 11.8 Å². The first kappa shape index (κ1) is 16.1. The average Bonchev–Trinajstić information content (AvgIpc) is 3.47. The summed E-state index contributed by atoms with van der Waals surface area (Å²) < 4.78 is 33.5. The molecule has 8 nitrogen and oxygen atoms in total. The highest BCUT2D eigenvalue weighted by Gasteiger charge is 2.50. The number of hydrogen-bond donors (Lipinski definition) is 2. The van der Waals surface area contributed by atoms with Crippen LogP contribution in [0.1, 0.15) is 23.3 Å². The molecule has 0 aliphatic carbocycles. The smallest absolute Gasteiger partial charge is 0.231 e. The molecule has 0 aromatic heterocycles. The fraction of sp³-hybridized carbons (Fsp3) is 0.400. The van der Waals surface area contributed by atoms with Gasteiger partial charge < -0.3 is 38.6 Å².